The van der Waals surface area contributed by atoms with Gasteiger partial charge in [-0.1, -0.05) is 18.2 Å². The third-order valence-electron chi connectivity index (χ3n) is 5.82. The van der Waals surface area contributed by atoms with Gasteiger partial charge in [-0.3, -0.25) is 4.79 Å². The second-order valence-electron chi connectivity index (χ2n) is 7.82. The number of sulfonamides is 1. The first kappa shape index (κ1) is 19.2. The predicted octanol–water partition coefficient (Wildman–Crippen LogP) is 3.52. The van der Waals surface area contributed by atoms with Crippen LogP contribution < -0.4 is 5.32 Å². The van der Waals surface area contributed by atoms with Crippen molar-refractivity contribution >= 4 is 21.6 Å². The molecule has 2 aromatic carbocycles. The molecule has 0 radical (unpaired) electrons. The number of aryl methyl sites for hydroxylation is 3. The Balaban J connectivity index is 1.40. The number of fused-ring (bicyclic) bond motifs is 1. The molecule has 1 heterocycles. The van der Waals surface area contributed by atoms with E-state index in [1.807, 2.05) is 43.3 Å². The highest BCUT2D eigenvalue weighted by Gasteiger charge is 2.32. The maximum Gasteiger partial charge on any atom is 0.243 e. The van der Waals surface area contributed by atoms with Crippen LogP contribution in [0.25, 0.3) is 0 Å². The van der Waals surface area contributed by atoms with Crippen LogP contribution in [0.15, 0.2) is 47.4 Å². The molecule has 2 aromatic rings. The van der Waals surface area contributed by atoms with Crippen LogP contribution in [0.3, 0.4) is 0 Å². The molecule has 1 amide bonds. The smallest absolute Gasteiger partial charge is 0.243 e. The molecule has 0 aromatic heterocycles. The lowest BCUT2D eigenvalue weighted by atomic mass is 9.97. The molecule has 0 spiro atoms. The molecule has 1 N–H and O–H groups in total. The monoisotopic (exact) mass is 398 g/mol. The first-order valence-corrected chi connectivity index (χ1v) is 11.4. The fraction of sp³-hybridized carbons (Fsp3) is 0.409. The van der Waals surface area contributed by atoms with Crippen molar-refractivity contribution in [3.05, 3.63) is 59.2 Å². The van der Waals surface area contributed by atoms with E-state index >= 15 is 0 Å². The lowest BCUT2D eigenvalue weighted by molar-refractivity contribution is -0.120. The van der Waals surface area contributed by atoms with Crippen LogP contribution in [-0.2, 0) is 27.7 Å². The number of anilines is 1. The van der Waals surface area contributed by atoms with E-state index < -0.39 is 10.0 Å². The maximum absolute atomic E-state index is 13.0. The second kappa shape index (κ2) is 7.68. The van der Waals surface area contributed by atoms with Gasteiger partial charge in [-0.05, 0) is 80.0 Å². The van der Waals surface area contributed by atoms with Gasteiger partial charge in [0.05, 0.1) is 4.90 Å². The fourth-order valence-corrected chi connectivity index (χ4v) is 5.70. The Morgan fingerprint density at radius 1 is 1.04 bits per heavy atom. The minimum Gasteiger partial charge on any atom is -0.326 e. The summed E-state index contributed by atoms with van der Waals surface area (Å²) in [5.41, 5.74) is 4.31. The van der Waals surface area contributed by atoms with Gasteiger partial charge in [0.2, 0.25) is 15.9 Å². The van der Waals surface area contributed by atoms with Gasteiger partial charge in [-0.2, -0.15) is 4.31 Å². The van der Waals surface area contributed by atoms with Crippen LogP contribution in [0.2, 0.25) is 0 Å². The number of hydrogen-bond acceptors (Lipinski definition) is 3. The highest BCUT2D eigenvalue weighted by atomic mass is 32.2. The minimum absolute atomic E-state index is 0.0276. The molecule has 0 atom stereocenters. The summed E-state index contributed by atoms with van der Waals surface area (Å²) < 4.78 is 27.6. The van der Waals surface area contributed by atoms with E-state index in [0.29, 0.717) is 30.8 Å². The van der Waals surface area contributed by atoms with Crippen molar-refractivity contribution in [3.63, 3.8) is 0 Å². The van der Waals surface area contributed by atoms with Gasteiger partial charge in [-0.25, -0.2) is 8.42 Å². The largest absolute Gasteiger partial charge is 0.326 e. The molecule has 28 heavy (non-hydrogen) atoms. The van der Waals surface area contributed by atoms with Gasteiger partial charge < -0.3 is 5.32 Å². The van der Waals surface area contributed by atoms with Gasteiger partial charge in [0.25, 0.3) is 0 Å². The summed E-state index contributed by atoms with van der Waals surface area (Å²) in [6.45, 7) is 2.74. The first-order valence-electron chi connectivity index (χ1n) is 9.93. The average molecular weight is 399 g/mol. The molecule has 5 nitrogen and oxygen atoms in total. The summed E-state index contributed by atoms with van der Waals surface area (Å²) >= 11 is 0. The van der Waals surface area contributed by atoms with E-state index in [1.165, 1.54) is 9.87 Å². The van der Waals surface area contributed by atoms with Crippen LogP contribution in [0.1, 0.15) is 36.0 Å². The van der Waals surface area contributed by atoms with E-state index in [1.54, 1.807) is 6.07 Å². The fourth-order valence-electron chi connectivity index (χ4n) is 4.18. The number of carbonyl (C=O) groups is 1. The van der Waals surface area contributed by atoms with Crippen LogP contribution in [0.5, 0.6) is 0 Å². The molecule has 1 aliphatic heterocycles. The number of carbonyl (C=O) groups excluding carboxylic acids is 1. The standard InChI is InChI=1S/C22H26N2O3S/c1-16-4-2-7-20(14-16)23-22(25)18-10-12-24(13-11-18)28(26,27)21-9-8-17-5-3-6-19(17)15-21/h2,4,7-9,14-15,18H,3,5-6,10-13H2,1H3,(H,23,25). The summed E-state index contributed by atoms with van der Waals surface area (Å²) in [4.78, 5) is 12.9. The molecular formula is C22H26N2O3S. The van der Waals surface area contributed by atoms with E-state index in [-0.39, 0.29) is 11.8 Å². The van der Waals surface area contributed by atoms with E-state index in [4.69, 9.17) is 0 Å². The molecule has 1 saturated heterocycles. The zero-order chi connectivity index (χ0) is 19.7. The molecular weight excluding hydrogens is 372 g/mol. The van der Waals surface area contributed by atoms with Crippen molar-refractivity contribution in [3.8, 4) is 0 Å². The average Bonchev–Trinajstić information content (AvgIpc) is 3.16. The van der Waals surface area contributed by atoms with E-state index in [2.05, 4.69) is 5.32 Å². The van der Waals surface area contributed by atoms with E-state index in [9.17, 15) is 13.2 Å². The number of nitrogens with one attached hydrogen (secondary N) is 1. The molecule has 2 aliphatic rings. The second-order valence-corrected chi connectivity index (χ2v) is 9.76. The SMILES string of the molecule is Cc1cccc(NC(=O)C2CCN(S(=O)(=O)c3ccc4c(c3)CCC4)CC2)c1. The van der Waals surface area contributed by atoms with Gasteiger partial charge in [0.1, 0.15) is 0 Å². The lowest BCUT2D eigenvalue weighted by Crippen LogP contribution is -2.41. The summed E-state index contributed by atoms with van der Waals surface area (Å²) in [7, 11) is -3.50. The van der Waals surface area contributed by atoms with Crippen molar-refractivity contribution in [1.82, 2.24) is 4.31 Å². The normalized spacial score (nSPS) is 18.0. The van der Waals surface area contributed by atoms with Gasteiger partial charge in [-0.15, -0.1) is 0 Å². The quantitative estimate of drug-likeness (QED) is 0.857. The Labute approximate surface area is 166 Å². The third-order valence-corrected chi connectivity index (χ3v) is 7.71. The van der Waals surface area contributed by atoms with Crippen LogP contribution in [0.4, 0.5) is 5.69 Å². The number of amides is 1. The van der Waals surface area contributed by atoms with Crippen LogP contribution in [-0.4, -0.2) is 31.7 Å². The zero-order valence-electron chi connectivity index (χ0n) is 16.1. The molecule has 6 heteroatoms. The highest BCUT2D eigenvalue weighted by Crippen LogP contribution is 2.29. The third kappa shape index (κ3) is 3.84. The van der Waals surface area contributed by atoms with Crippen molar-refractivity contribution in [2.75, 3.05) is 18.4 Å². The van der Waals surface area contributed by atoms with Gasteiger partial charge in [0.15, 0.2) is 0 Å². The van der Waals surface area contributed by atoms with Crippen molar-refractivity contribution in [2.45, 2.75) is 43.9 Å². The molecule has 0 saturated carbocycles. The Hall–Kier alpha value is -2.18. The molecule has 148 valence electrons. The van der Waals surface area contributed by atoms with E-state index in [0.717, 1.165) is 36.1 Å². The topological polar surface area (TPSA) is 66.5 Å². The number of rotatable bonds is 4. The molecule has 0 unspecified atom stereocenters. The minimum atomic E-state index is -3.50. The Kier molecular flexibility index (Phi) is 5.25. The first-order chi connectivity index (χ1) is 13.4. The number of piperidine rings is 1. The van der Waals surface area contributed by atoms with Crippen molar-refractivity contribution in [1.29, 1.82) is 0 Å². The summed E-state index contributed by atoms with van der Waals surface area (Å²) in [5, 5.41) is 2.96. The van der Waals surface area contributed by atoms with Crippen LogP contribution in [0, 0.1) is 12.8 Å². The molecule has 4 rings (SSSR count). The van der Waals surface area contributed by atoms with Crippen molar-refractivity contribution < 1.29 is 13.2 Å². The Bertz CT molecular complexity index is 993. The predicted molar refractivity (Wildman–Crippen MR) is 110 cm³/mol. The Morgan fingerprint density at radius 3 is 2.54 bits per heavy atom. The summed E-state index contributed by atoms with van der Waals surface area (Å²) in [5.74, 6) is -0.188. The number of benzene rings is 2. The van der Waals surface area contributed by atoms with Gasteiger partial charge in [0, 0.05) is 24.7 Å². The lowest BCUT2D eigenvalue weighted by Gasteiger charge is -2.30. The van der Waals surface area contributed by atoms with Crippen LogP contribution >= 0.6 is 0 Å². The van der Waals surface area contributed by atoms with Crippen molar-refractivity contribution in [2.24, 2.45) is 5.92 Å². The maximum atomic E-state index is 13.0. The zero-order valence-corrected chi connectivity index (χ0v) is 17.0. The summed E-state index contributed by atoms with van der Waals surface area (Å²) in [6, 6.07) is 13.2. The molecule has 1 fully saturated rings. The number of nitrogens with zero attached hydrogens (tertiary/aromatic N) is 1. The highest BCUT2D eigenvalue weighted by molar-refractivity contribution is 7.89. The molecule has 1 aliphatic carbocycles. The van der Waals surface area contributed by atoms with Gasteiger partial charge >= 0.3 is 0 Å². The number of hydrogen-bond donors (Lipinski definition) is 1. The summed E-state index contributed by atoms with van der Waals surface area (Å²) in [6.07, 6.45) is 4.18. The Morgan fingerprint density at radius 2 is 1.79 bits per heavy atom. The molecule has 0 bridgehead atoms.